The molecule has 0 fully saturated rings. The molecule has 0 aromatic rings. The molecule has 0 spiro atoms. The van der Waals surface area contributed by atoms with Gasteiger partial charge in [-0.1, -0.05) is 0 Å². The van der Waals surface area contributed by atoms with E-state index >= 15 is 0 Å². The highest BCUT2D eigenvalue weighted by molar-refractivity contribution is 7.33. The molecule has 0 saturated carbocycles. The van der Waals surface area contributed by atoms with Crippen molar-refractivity contribution in [2.45, 2.75) is 20.8 Å². The second kappa shape index (κ2) is 10.5. The Balaban J connectivity index is 0. The van der Waals surface area contributed by atoms with Crippen LogP contribution in [0.3, 0.4) is 0 Å². The summed E-state index contributed by atoms with van der Waals surface area (Å²) >= 11 is 0. The number of aliphatic carboxylic acids is 1. The number of carbonyl (C=O) groups is 1. The Morgan fingerprint density at radius 3 is 1.75 bits per heavy atom. The first-order valence-corrected chi connectivity index (χ1v) is 4.56. The van der Waals surface area contributed by atoms with Crippen LogP contribution in [0.2, 0.25) is 0 Å². The largest absolute Gasteiger partial charge is 0.697 e. The minimum atomic E-state index is -1.83. The smallest absolute Gasteiger partial charge is 0.481 e. The minimum absolute atomic E-state index is 0.440. The van der Waals surface area contributed by atoms with E-state index in [1.54, 1.807) is 13.8 Å². The topological polar surface area (TPSA) is 72.8 Å². The molecule has 0 saturated heterocycles. The van der Waals surface area contributed by atoms with E-state index in [4.69, 9.17) is 9.90 Å². The maximum Gasteiger partial charge on any atom is 0.697 e. The fourth-order valence-corrected chi connectivity index (χ4v) is 0.744. The molecule has 72 valence electrons. The maximum atomic E-state index is 10.3. The zero-order chi connectivity index (χ0) is 9.98. The van der Waals surface area contributed by atoms with Crippen LogP contribution in [-0.2, 0) is 18.4 Å². The molecule has 1 N–H and O–H groups in total. The molecule has 0 unspecified atom stereocenters. The average Bonchev–Trinajstić information content (AvgIpc) is 1.87. The van der Waals surface area contributed by atoms with Crippen LogP contribution in [-0.4, -0.2) is 24.3 Å². The van der Waals surface area contributed by atoms with Crippen LogP contribution in [0.5, 0.6) is 0 Å². The van der Waals surface area contributed by atoms with Gasteiger partial charge in [-0.05, 0) is 13.8 Å². The molecule has 0 atom stereocenters. The lowest BCUT2D eigenvalue weighted by Gasteiger charge is -1.78. The fraction of sp³-hybridized carbons (Fsp3) is 0.833. The minimum Gasteiger partial charge on any atom is -0.481 e. The fourth-order valence-electron chi connectivity index (χ4n) is 0.248. The summed E-state index contributed by atoms with van der Waals surface area (Å²) in [6.07, 6.45) is 0. The van der Waals surface area contributed by atoms with Crippen molar-refractivity contribution in [3.8, 4) is 0 Å². The summed E-state index contributed by atoms with van der Waals surface area (Å²) < 4.78 is 19.5. The monoisotopic (exact) mass is 197 g/mol. The third-order valence-electron chi connectivity index (χ3n) is 0.469. The van der Waals surface area contributed by atoms with Crippen LogP contribution in [0.15, 0.2) is 0 Å². The third-order valence-corrected chi connectivity index (χ3v) is 1.41. The Bertz CT molecular complexity index is 124. The Kier molecular flexibility index (Phi) is 12.3. The van der Waals surface area contributed by atoms with Crippen molar-refractivity contribution in [3.63, 3.8) is 0 Å². The Labute approximate surface area is 72.6 Å². The molecule has 0 rings (SSSR count). The Hall–Kier alpha value is -0.510. The van der Waals surface area contributed by atoms with Crippen molar-refractivity contribution in [2.24, 2.45) is 0 Å². The summed E-state index contributed by atoms with van der Waals surface area (Å²) in [6, 6.07) is 0. The summed E-state index contributed by atoms with van der Waals surface area (Å²) in [6.45, 7) is 5.50. The van der Waals surface area contributed by atoms with Crippen molar-refractivity contribution >= 4 is 14.2 Å². The first-order valence-electron chi connectivity index (χ1n) is 3.47. The van der Waals surface area contributed by atoms with Gasteiger partial charge in [-0.2, -0.15) is 0 Å². The Morgan fingerprint density at radius 1 is 1.33 bits per heavy atom. The van der Waals surface area contributed by atoms with E-state index in [1.165, 1.54) is 0 Å². The van der Waals surface area contributed by atoms with Crippen LogP contribution in [0.25, 0.3) is 0 Å². The molecule has 0 bridgehead atoms. The highest BCUT2D eigenvalue weighted by Crippen LogP contribution is 2.21. The second-order valence-corrected chi connectivity index (χ2v) is 2.54. The Morgan fingerprint density at radius 2 is 1.58 bits per heavy atom. The molecular weight excluding hydrogens is 183 g/mol. The maximum absolute atomic E-state index is 10.3. The zero-order valence-corrected chi connectivity index (χ0v) is 8.34. The van der Waals surface area contributed by atoms with E-state index in [2.05, 4.69) is 9.05 Å². The average molecular weight is 197 g/mol. The normalized spacial score (nSPS) is 8.25. The molecule has 0 aromatic heterocycles. The molecule has 0 amide bonds. The van der Waals surface area contributed by atoms with E-state index in [0.717, 1.165) is 6.92 Å². The molecule has 6 heteroatoms. The highest BCUT2D eigenvalue weighted by Gasteiger charge is 2.15. The SMILES string of the molecule is CC(=O)O.CCO[P+](=O)OCC. The molecule has 12 heavy (non-hydrogen) atoms. The van der Waals surface area contributed by atoms with Gasteiger partial charge < -0.3 is 5.11 Å². The van der Waals surface area contributed by atoms with E-state index in [-0.39, 0.29) is 0 Å². The summed E-state index contributed by atoms with van der Waals surface area (Å²) in [5, 5.41) is 7.42. The van der Waals surface area contributed by atoms with E-state index in [9.17, 15) is 4.57 Å². The number of carboxylic acid groups (broad SMARTS) is 1. The summed E-state index contributed by atoms with van der Waals surface area (Å²) in [7, 11) is -1.83. The number of hydrogen-bond donors (Lipinski definition) is 1. The van der Waals surface area contributed by atoms with Crippen molar-refractivity contribution in [2.75, 3.05) is 13.2 Å². The van der Waals surface area contributed by atoms with Gasteiger partial charge in [-0.15, -0.1) is 9.05 Å². The van der Waals surface area contributed by atoms with Crippen molar-refractivity contribution in [1.29, 1.82) is 0 Å². The third kappa shape index (κ3) is 22.7. The predicted octanol–water partition coefficient (Wildman–Crippen LogP) is 1.81. The second-order valence-electron chi connectivity index (χ2n) is 1.58. The molecule has 0 aromatic carbocycles. The summed E-state index contributed by atoms with van der Waals surface area (Å²) in [5.41, 5.74) is 0. The molecule has 0 heterocycles. The van der Waals surface area contributed by atoms with Gasteiger partial charge in [0.05, 0.1) is 0 Å². The van der Waals surface area contributed by atoms with Crippen LogP contribution >= 0.6 is 8.25 Å². The quantitative estimate of drug-likeness (QED) is 0.695. The van der Waals surface area contributed by atoms with Crippen molar-refractivity contribution < 1.29 is 23.5 Å². The van der Waals surface area contributed by atoms with Gasteiger partial charge in [0.1, 0.15) is 13.2 Å². The standard InChI is InChI=1S/C4H10O3P.C2H4O2/c1-3-6-8(5)7-4-2;1-2(3)4/h3-4H2,1-2H3;1H3,(H,3,4)/q+1;. The molecule has 0 radical (unpaired) electrons. The van der Waals surface area contributed by atoms with Gasteiger partial charge in [0.15, 0.2) is 0 Å². The molecule has 0 aliphatic carbocycles. The predicted molar refractivity (Wildman–Crippen MR) is 44.2 cm³/mol. The van der Waals surface area contributed by atoms with Gasteiger partial charge in [0, 0.05) is 11.5 Å². The van der Waals surface area contributed by atoms with Crippen LogP contribution in [0, 0.1) is 0 Å². The first-order chi connectivity index (χ1) is 5.54. The number of hydrogen-bond acceptors (Lipinski definition) is 4. The van der Waals surface area contributed by atoms with Crippen LogP contribution in [0.1, 0.15) is 20.8 Å². The van der Waals surface area contributed by atoms with Crippen molar-refractivity contribution in [3.05, 3.63) is 0 Å². The first kappa shape index (κ1) is 14.0. The van der Waals surface area contributed by atoms with Gasteiger partial charge >= 0.3 is 8.25 Å². The van der Waals surface area contributed by atoms with Crippen LogP contribution in [0.4, 0.5) is 0 Å². The summed E-state index contributed by atoms with van der Waals surface area (Å²) in [4.78, 5) is 9.00. The van der Waals surface area contributed by atoms with Gasteiger partial charge in [-0.25, -0.2) is 0 Å². The lowest BCUT2D eigenvalue weighted by Crippen LogP contribution is -1.81. The molecule has 0 aliphatic heterocycles. The van der Waals surface area contributed by atoms with Gasteiger partial charge in [0.25, 0.3) is 5.97 Å². The van der Waals surface area contributed by atoms with Crippen LogP contribution < -0.4 is 0 Å². The lowest BCUT2D eigenvalue weighted by atomic mass is 10.9. The zero-order valence-electron chi connectivity index (χ0n) is 7.44. The summed E-state index contributed by atoms with van der Waals surface area (Å²) in [5.74, 6) is -0.833. The molecular formula is C6H14O5P+. The lowest BCUT2D eigenvalue weighted by molar-refractivity contribution is -0.134. The molecule has 5 nitrogen and oxygen atoms in total. The van der Waals surface area contributed by atoms with Gasteiger partial charge in [-0.3, -0.25) is 4.79 Å². The molecule has 0 aliphatic rings. The van der Waals surface area contributed by atoms with E-state index < -0.39 is 14.2 Å². The van der Waals surface area contributed by atoms with Crippen molar-refractivity contribution in [1.82, 2.24) is 0 Å². The number of carboxylic acids is 1. The van der Waals surface area contributed by atoms with E-state index in [0.29, 0.717) is 13.2 Å². The number of rotatable bonds is 4. The highest BCUT2D eigenvalue weighted by atomic mass is 31.1. The van der Waals surface area contributed by atoms with Gasteiger partial charge in [0.2, 0.25) is 0 Å². The van der Waals surface area contributed by atoms with E-state index in [1.807, 2.05) is 0 Å².